The van der Waals surface area contributed by atoms with E-state index in [1.165, 1.54) is 0 Å². The first-order valence-corrected chi connectivity index (χ1v) is 9.74. The van der Waals surface area contributed by atoms with E-state index in [9.17, 15) is 8.42 Å². The molecule has 1 heterocycles. The number of benzene rings is 1. The second-order valence-electron chi connectivity index (χ2n) is 5.66. The van der Waals surface area contributed by atoms with E-state index in [-0.39, 0.29) is 23.7 Å². The molecule has 0 bridgehead atoms. The van der Waals surface area contributed by atoms with Crippen LogP contribution in [0.3, 0.4) is 0 Å². The first-order chi connectivity index (χ1) is 11.0. The van der Waals surface area contributed by atoms with Crippen LogP contribution in [0.5, 0.6) is 5.75 Å². The molecule has 6 nitrogen and oxygen atoms in total. The van der Waals surface area contributed by atoms with Crippen molar-refractivity contribution < 1.29 is 13.2 Å². The topological polar surface area (TPSA) is 79.8 Å². The van der Waals surface area contributed by atoms with Gasteiger partial charge < -0.3 is 15.4 Å². The fourth-order valence-electron chi connectivity index (χ4n) is 2.47. The second-order valence-corrected chi connectivity index (χ2v) is 7.89. The van der Waals surface area contributed by atoms with Gasteiger partial charge in [-0.1, -0.05) is 25.1 Å². The van der Waals surface area contributed by atoms with Crippen LogP contribution in [-0.2, 0) is 9.84 Å². The van der Waals surface area contributed by atoms with E-state index in [0.717, 1.165) is 12.2 Å². The lowest BCUT2D eigenvalue weighted by Gasteiger charge is -2.21. The number of guanidine groups is 1. The van der Waals surface area contributed by atoms with Crippen molar-refractivity contribution in [3.05, 3.63) is 30.3 Å². The Kier molecular flexibility index (Phi) is 6.27. The lowest BCUT2D eigenvalue weighted by atomic mass is 10.2. The maximum atomic E-state index is 11.5. The van der Waals surface area contributed by atoms with Gasteiger partial charge in [-0.25, -0.2) is 8.42 Å². The molecule has 128 valence electrons. The smallest absolute Gasteiger partial charge is 0.191 e. The molecule has 1 aromatic rings. The Hall–Kier alpha value is -1.76. The third kappa shape index (κ3) is 5.74. The molecule has 0 spiro atoms. The van der Waals surface area contributed by atoms with Crippen LogP contribution in [0.25, 0.3) is 0 Å². The van der Waals surface area contributed by atoms with Gasteiger partial charge in [-0.3, -0.25) is 4.99 Å². The average Bonchev–Trinajstić information content (AvgIpc) is 2.89. The standard InChI is InChI=1S/C16H25N3O3S/c1-3-14(22-15-7-5-4-6-8-15)11-18-16(17-2)19-13-9-10-23(20,21)12-13/h4-8,13-14H,3,9-12H2,1-2H3,(H2,17,18,19). The van der Waals surface area contributed by atoms with E-state index in [4.69, 9.17) is 4.74 Å². The van der Waals surface area contributed by atoms with Gasteiger partial charge in [0.1, 0.15) is 11.9 Å². The van der Waals surface area contributed by atoms with Crippen molar-refractivity contribution in [3.63, 3.8) is 0 Å². The van der Waals surface area contributed by atoms with Gasteiger partial charge in [-0.05, 0) is 25.0 Å². The zero-order chi connectivity index (χ0) is 16.7. The maximum absolute atomic E-state index is 11.5. The highest BCUT2D eigenvalue weighted by Crippen LogP contribution is 2.12. The van der Waals surface area contributed by atoms with Crippen molar-refractivity contribution in [3.8, 4) is 5.75 Å². The Labute approximate surface area is 138 Å². The van der Waals surface area contributed by atoms with Crippen molar-refractivity contribution in [2.24, 2.45) is 4.99 Å². The molecule has 2 atom stereocenters. The van der Waals surface area contributed by atoms with E-state index in [1.807, 2.05) is 30.3 Å². The quantitative estimate of drug-likeness (QED) is 0.601. The SMILES string of the molecule is CCC(CNC(=NC)NC1CCS(=O)(=O)C1)Oc1ccccc1. The summed E-state index contributed by atoms with van der Waals surface area (Å²) in [5.41, 5.74) is 0. The lowest BCUT2D eigenvalue weighted by Crippen LogP contribution is -2.46. The van der Waals surface area contributed by atoms with Gasteiger partial charge in [0, 0.05) is 13.1 Å². The number of sulfone groups is 1. The van der Waals surface area contributed by atoms with E-state index in [0.29, 0.717) is 18.9 Å². The highest BCUT2D eigenvalue weighted by molar-refractivity contribution is 7.91. The number of para-hydroxylation sites is 1. The highest BCUT2D eigenvalue weighted by Gasteiger charge is 2.28. The summed E-state index contributed by atoms with van der Waals surface area (Å²) in [5, 5.41) is 6.38. The molecular weight excluding hydrogens is 314 g/mol. The molecule has 2 unspecified atom stereocenters. The maximum Gasteiger partial charge on any atom is 0.191 e. The molecule has 2 rings (SSSR count). The summed E-state index contributed by atoms with van der Waals surface area (Å²) >= 11 is 0. The molecule has 1 fully saturated rings. The first kappa shape index (κ1) is 17.6. The van der Waals surface area contributed by atoms with Crippen LogP contribution in [0.1, 0.15) is 19.8 Å². The van der Waals surface area contributed by atoms with Gasteiger partial charge >= 0.3 is 0 Å². The Morgan fingerprint density at radius 2 is 2.13 bits per heavy atom. The largest absolute Gasteiger partial charge is 0.489 e. The predicted octanol–water partition coefficient (Wildman–Crippen LogP) is 1.20. The van der Waals surface area contributed by atoms with Crippen molar-refractivity contribution in [2.45, 2.75) is 31.9 Å². The molecular formula is C16H25N3O3S. The van der Waals surface area contributed by atoms with E-state index < -0.39 is 9.84 Å². The summed E-state index contributed by atoms with van der Waals surface area (Å²) in [6.45, 7) is 2.67. The molecule has 0 aliphatic carbocycles. The summed E-state index contributed by atoms with van der Waals surface area (Å²) in [4.78, 5) is 4.16. The van der Waals surface area contributed by atoms with Crippen LogP contribution in [0.2, 0.25) is 0 Å². The van der Waals surface area contributed by atoms with Gasteiger partial charge in [0.2, 0.25) is 0 Å². The van der Waals surface area contributed by atoms with E-state index >= 15 is 0 Å². The van der Waals surface area contributed by atoms with Crippen LogP contribution >= 0.6 is 0 Å². The summed E-state index contributed by atoms with van der Waals surface area (Å²) in [7, 11) is -1.22. The Bertz CT molecular complexity index is 617. The number of hydrogen-bond acceptors (Lipinski definition) is 4. The van der Waals surface area contributed by atoms with Crippen LogP contribution < -0.4 is 15.4 Å². The zero-order valence-corrected chi connectivity index (χ0v) is 14.5. The Morgan fingerprint density at radius 1 is 1.39 bits per heavy atom. The first-order valence-electron chi connectivity index (χ1n) is 7.91. The minimum absolute atomic E-state index is 0.0169. The highest BCUT2D eigenvalue weighted by atomic mass is 32.2. The fraction of sp³-hybridized carbons (Fsp3) is 0.562. The number of hydrogen-bond donors (Lipinski definition) is 2. The van der Waals surface area contributed by atoms with Gasteiger partial charge in [-0.2, -0.15) is 0 Å². The molecule has 23 heavy (non-hydrogen) atoms. The Morgan fingerprint density at radius 3 is 2.70 bits per heavy atom. The fourth-order valence-corrected chi connectivity index (χ4v) is 4.14. The summed E-state index contributed by atoms with van der Waals surface area (Å²) in [5.74, 6) is 1.87. The predicted molar refractivity (Wildman–Crippen MR) is 92.7 cm³/mol. The van der Waals surface area contributed by atoms with Gasteiger partial charge in [0.25, 0.3) is 0 Å². The number of aliphatic imine (C=N–C) groups is 1. The molecule has 1 aromatic carbocycles. The van der Waals surface area contributed by atoms with Crippen molar-refractivity contribution >= 4 is 15.8 Å². The van der Waals surface area contributed by atoms with Crippen molar-refractivity contribution in [1.82, 2.24) is 10.6 Å². The second kappa shape index (κ2) is 8.19. The molecule has 2 N–H and O–H groups in total. The van der Waals surface area contributed by atoms with Crippen molar-refractivity contribution in [1.29, 1.82) is 0 Å². The lowest BCUT2D eigenvalue weighted by molar-refractivity contribution is 0.199. The molecule has 0 aromatic heterocycles. The third-order valence-corrected chi connectivity index (χ3v) is 5.56. The molecule has 0 saturated carbocycles. The third-order valence-electron chi connectivity index (χ3n) is 3.80. The van der Waals surface area contributed by atoms with Crippen LogP contribution in [0, 0.1) is 0 Å². The molecule has 1 aliphatic rings. The van der Waals surface area contributed by atoms with Crippen LogP contribution in [0.4, 0.5) is 0 Å². The minimum atomic E-state index is -2.90. The summed E-state index contributed by atoms with van der Waals surface area (Å²) in [6.07, 6.45) is 1.50. The van der Waals surface area contributed by atoms with Gasteiger partial charge in [0.15, 0.2) is 15.8 Å². The molecule has 0 radical (unpaired) electrons. The average molecular weight is 339 g/mol. The summed E-state index contributed by atoms with van der Waals surface area (Å²) in [6, 6.07) is 9.62. The molecule has 7 heteroatoms. The normalized spacial score (nSPS) is 21.7. The number of rotatable bonds is 6. The number of nitrogens with one attached hydrogen (secondary N) is 2. The summed E-state index contributed by atoms with van der Waals surface area (Å²) < 4.78 is 28.9. The van der Waals surface area contributed by atoms with Crippen LogP contribution in [-0.4, -0.2) is 51.6 Å². The molecule has 1 saturated heterocycles. The van der Waals surface area contributed by atoms with E-state index in [2.05, 4.69) is 22.5 Å². The monoisotopic (exact) mass is 339 g/mol. The van der Waals surface area contributed by atoms with E-state index in [1.54, 1.807) is 7.05 Å². The zero-order valence-electron chi connectivity index (χ0n) is 13.7. The molecule has 0 amide bonds. The number of ether oxygens (including phenoxy) is 1. The Balaban J connectivity index is 1.82. The van der Waals surface area contributed by atoms with Gasteiger partial charge in [-0.15, -0.1) is 0 Å². The van der Waals surface area contributed by atoms with Crippen molar-refractivity contribution in [2.75, 3.05) is 25.1 Å². The minimum Gasteiger partial charge on any atom is -0.489 e. The molecule has 1 aliphatic heterocycles. The van der Waals surface area contributed by atoms with Gasteiger partial charge in [0.05, 0.1) is 18.1 Å². The van der Waals surface area contributed by atoms with Crippen LogP contribution in [0.15, 0.2) is 35.3 Å². The number of nitrogens with zero attached hydrogens (tertiary/aromatic N) is 1.